The maximum atomic E-state index is 11.9. The summed E-state index contributed by atoms with van der Waals surface area (Å²) < 4.78 is 0. The number of hydrogen-bond donors (Lipinski definition) is 2. The van der Waals surface area contributed by atoms with E-state index >= 15 is 0 Å². The largest absolute Gasteiger partial charge is 0.481 e. The molecular formula is C12H22N2O3. The Morgan fingerprint density at radius 1 is 1.35 bits per heavy atom. The Bertz CT molecular complexity index is 294. The van der Waals surface area contributed by atoms with E-state index in [0.29, 0.717) is 5.92 Å². The van der Waals surface area contributed by atoms with Crippen LogP contribution >= 0.6 is 0 Å². The standard InChI is InChI=1S/C12H22N2O3/c1-9-4-6-14(7-5-9)11(17)13-12(2,3)8-10(15)16/h9H,4-8H2,1-3H3,(H,13,17)(H,15,16). The number of carbonyl (C=O) groups excluding carboxylic acids is 1. The van der Waals surface area contributed by atoms with Gasteiger partial charge in [-0.05, 0) is 32.6 Å². The fourth-order valence-electron chi connectivity index (χ4n) is 2.00. The van der Waals surface area contributed by atoms with Gasteiger partial charge in [0.2, 0.25) is 0 Å². The number of nitrogens with one attached hydrogen (secondary N) is 1. The molecule has 0 spiro atoms. The SMILES string of the molecule is CC1CCN(C(=O)NC(C)(C)CC(=O)O)CC1. The van der Waals surface area contributed by atoms with Crippen LogP contribution in [0.1, 0.15) is 40.0 Å². The number of nitrogens with zero attached hydrogens (tertiary/aromatic N) is 1. The molecule has 1 heterocycles. The second kappa shape index (κ2) is 5.38. The number of carboxylic acid groups (broad SMARTS) is 1. The number of carboxylic acids is 1. The van der Waals surface area contributed by atoms with Crippen LogP contribution in [0.5, 0.6) is 0 Å². The Kier molecular flexibility index (Phi) is 4.37. The molecule has 0 aromatic rings. The number of amides is 2. The zero-order valence-electron chi connectivity index (χ0n) is 10.8. The lowest BCUT2D eigenvalue weighted by Gasteiger charge is -2.34. The zero-order valence-corrected chi connectivity index (χ0v) is 10.8. The highest BCUT2D eigenvalue weighted by Gasteiger charge is 2.27. The molecule has 0 bridgehead atoms. The number of likely N-dealkylation sites (tertiary alicyclic amines) is 1. The van der Waals surface area contributed by atoms with Crippen molar-refractivity contribution in [2.75, 3.05) is 13.1 Å². The topological polar surface area (TPSA) is 69.6 Å². The molecule has 2 amide bonds. The Morgan fingerprint density at radius 3 is 2.35 bits per heavy atom. The maximum absolute atomic E-state index is 11.9. The first-order valence-corrected chi connectivity index (χ1v) is 6.09. The lowest BCUT2D eigenvalue weighted by molar-refractivity contribution is -0.138. The second-order valence-electron chi connectivity index (χ2n) is 5.55. The van der Waals surface area contributed by atoms with E-state index in [4.69, 9.17) is 5.11 Å². The van der Waals surface area contributed by atoms with Gasteiger partial charge in [0, 0.05) is 18.6 Å². The van der Waals surface area contributed by atoms with E-state index in [9.17, 15) is 9.59 Å². The van der Waals surface area contributed by atoms with Crippen molar-refractivity contribution in [1.29, 1.82) is 0 Å². The van der Waals surface area contributed by atoms with Crippen molar-refractivity contribution >= 4 is 12.0 Å². The summed E-state index contributed by atoms with van der Waals surface area (Å²) in [5, 5.41) is 11.5. The summed E-state index contributed by atoms with van der Waals surface area (Å²) in [4.78, 5) is 24.3. The van der Waals surface area contributed by atoms with Gasteiger partial charge in [-0.1, -0.05) is 6.92 Å². The number of piperidine rings is 1. The second-order valence-corrected chi connectivity index (χ2v) is 5.55. The molecular weight excluding hydrogens is 220 g/mol. The molecule has 1 saturated heterocycles. The minimum atomic E-state index is -0.900. The van der Waals surface area contributed by atoms with Crippen LogP contribution < -0.4 is 5.32 Å². The van der Waals surface area contributed by atoms with Crippen LogP contribution in [-0.4, -0.2) is 40.6 Å². The third kappa shape index (κ3) is 4.63. The average molecular weight is 242 g/mol. The van der Waals surface area contributed by atoms with E-state index < -0.39 is 11.5 Å². The van der Waals surface area contributed by atoms with Gasteiger partial charge in [0.15, 0.2) is 0 Å². The number of carbonyl (C=O) groups is 2. The molecule has 0 radical (unpaired) electrons. The molecule has 0 aromatic heterocycles. The highest BCUT2D eigenvalue weighted by molar-refractivity contribution is 5.76. The Labute approximate surface area is 102 Å². The summed E-state index contributed by atoms with van der Waals surface area (Å²) in [5.74, 6) is -0.228. The van der Waals surface area contributed by atoms with E-state index in [1.807, 2.05) is 0 Å². The predicted octanol–water partition coefficient (Wildman–Crippen LogP) is 1.68. The molecule has 0 aliphatic carbocycles. The summed E-state index contributed by atoms with van der Waals surface area (Å²) in [6, 6.07) is -0.150. The summed E-state index contributed by atoms with van der Waals surface area (Å²) in [6.07, 6.45) is 1.97. The van der Waals surface area contributed by atoms with E-state index in [1.165, 1.54) is 0 Å². The summed E-state index contributed by atoms with van der Waals surface area (Å²) >= 11 is 0. The van der Waals surface area contributed by atoms with Crippen molar-refractivity contribution in [2.45, 2.75) is 45.6 Å². The van der Waals surface area contributed by atoms with Crippen LogP contribution in [0.25, 0.3) is 0 Å². The highest BCUT2D eigenvalue weighted by Crippen LogP contribution is 2.17. The quantitative estimate of drug-likeness (QED) is 0.791. The minimum absolute atomic E-state index is 0.0665. The van der Waals surface area contributed by atoms with Crippen molar-refractivity contribution in [3.05, 3.63) is 0 Å². The van der Waals surface area contributed by atoms with Crippen molar-refractivity contribution in [3.63, 3.8) is 0 Å². The molecule has 1 aliphatic rings. The molecule has 1 aliphatic heterocycles. The summed E-state index contributed by atoms with van der Waals surface area (Å²) in [5.41, 5.74) is -0.702. The maximum Gasteiger partial charge on any atom is 0.317 e. The predicted molar refractivity (Wildman–Crippen MR) is 64.8 cm³/mol. The highest BCUT2D eigenvalue weighted by atomic mass is 16.4. The third-order valence-corrected chi connectivity index (χ3v) is 3.11. The van der Waals surface area contributed by atoms with Gasteiger partial charge in [-0.3, -0.25) is 4.79 Å². The minimum Gasteiger partial charge on any atom is -0.481 e. The van der Waals surface area contributed by atoms with Crippen LogP contribution in [-0.2, 0) is 4.79 Å². The lowest BCUT2D eigenvalue weighted by atomic mass is 9.99. The number of aliphatic carboxylic acids is 1. The monoisotopic (exact) mass is 242 g/mol. The molecule has 0 atom stereocenters. The van der Waals surface area contributed by atoms with E-state index in [2.05, 4.69) is 12.2 Å². The summed E-state index contributed by atoms with van der Waals surface area (Å²) in [7, 11) is 0. The lowest BCUT2D eigenvalue weighted by Crippen LogP contribution is -2.52. The number of rotatable bonds is 3. The van der Waals surface area contributed by atoms with Crippen LogP contribution in [0.15, 0.2) is 0 Å². The van der Waals surface area contributed by atoms with Crippen molar-refractivity contribution in [2.24, 2.45) is 5.92 Å². The van der Waals surface area contributed by atoms with Gasteiger partial charge in [0.05, 0.1) is 6.42 Å². The third-order valence-electron chi connectivity index (χ3n) is 3.11. The fourth-order valence-corrected chi connectivity index (χ4v) is 2.00. The average Bonchev–Trinajstić information content (AvgIpc) is 2.15. The van der Waals surface area contributed by atoms with Gasteiger partial charge in [-0.2, -0.15) is 0 Å². The Hall–Kier alpha value is -1.26. The van der Waals surface area contributed by atoms with Gasteiger partial charge >= 0.3 is 12.0 Å². The Balaban J connectivity index is 2.45. The van der Waals surface area contributed by atoms with Crippen molar-refractivity contribution in [3.8, 4) is 0 Å². The van der Waals surface area contributed by atoms with E-state index in [0.717, 1.165) is 25.9 Å². The number of urea groups is 1. The van der Waals surface area contributed by atoms with Crippen LogP contribution in [0.2, 0.25) is 0 Å². The molecule has 1 rings (SSSR count). The first-order chi connectivity index (χ1) is 7.80. The molecule has 0 saturated carbocycles. The van der Waals surface area contributed by atoms with E-state index in [-0.39, 0.29) is 12.5 Å². The van der Waals surface area contributed by atoms with Gasteiger partial charge in [-0.15, -0.1) is 0 Å². The normalized spacial score (nSPS) is 17.9. The number of hydrogen-bond acceptors (Lipinski definition) is 2. The first kappa shape index (κ1) is 13.8. The first-order valence-electron chi connectivity index (χ1n) is 6.09. The molecule has 2 N–H and O–H groups in total. The molecule has 1 fully saturated rings. The van der Waals surface area contributed by atoms with Crippen LogP contribution in [0.4, 0.5) is 4.79 Å². The van der Waals surface area contributed by atoms with Crippen LogP contribution in [0, 0.1) is 5.92 Å². The van der Waals surface area contributed by atoms with Gasteiger partial charge < -0.3 is 15.3 Å². The van der Waals surface area contributed by atoms with Crippen LogP contribution in [0.3, 0.4) is 0 Å². The van der Waals surface area contributed by atoms with Gasteiger partial charge in [0.25, 0.3) is 0 Å². The Morgan fingerprint density at radius 2 is 1.88 bits per heavy atom. The molecule has 0 unspecified atom stereocenters. The van der Waals surface area contributed by atoms with E-state index in [1.54, 1.807) is 18.7 Å². The molecule has 98 valence electrons. The molecule has 0 aromatic carbocycles. The van der Waals surface area contributed by atoms with Crippen molar-refractivity contribution in [1.82, 2.24) is 10.2 Å². The molecule has 5 heteroatoms. The molecule has 5 nitrogen and oxygen atoms in total. The van der Waals surface area contributed by atoms with Crippen molar-refractivity contribution < 1.29 is 14.7 Å². The van der Waals surface area contributed by atoms with Gasteiger partial charge in [-0.25, -0.2) is 4.79 Å². The summed E-state index contributed by atoms with van der Waals surface area (Å²) in [6.45, 7) is 7.16. The van der Waals surface area contributed by atoms with Gasteiger partial charge in [0.1, 0.15) is 0 Å². The fraction of sp³-hybridized carbons (Fsp3) is 0.833. The zero-order chi connectivity index (χ0) is 13.1. The smallest absolute Gasteiger partial charge is 0.317 e. The molecule has 17 heavy (non-hydrogen) atoms.